The molecule has 0 aliphatic rings. The molecule has 22 heavy (non-hydrogen) atoms. The molecule has 1 heterocycles. The van der Waals surface area contributed by atoms with E-state index in [1.807, 2.05) is 30.3 Å². The number of ether oxygens (including phenoxy) is 1. The van der Waals surface area contributed by atoms with Crippen LogP contribution in [0.2, 0.25) is 0 Å². The standard InChI is InChI=1S/C16H16N2O4/c1-18(14(15(19)20)13-8-5-9-17-10-13)16(21)22-11-12-6-3-2-4-7-12/h2-10,14H,11H2,1H3,(H,19,20). The van der Waals surface area contributed by atoms with Gasteiger partial charge in [0.05, 0.1) is 0 Å². The monoisotopic (exact) mass is 300 g/mol. The Morgan fingerprint density at radius 2 is 1.95 bits per heavy atom. The molecule has 6 heteroatoms. The van der Waals surface area contributed by atoms with E-state index in [9.17, 15) is 14.7 Å². The van der Waals surface area contributed by atoms with Crippen molar-refractivity contribution in [3.8, 4) is 0 Å². The van der Waals surface area contributed by atoms with Crippen molar-refractivity contribution in [2.45, 2.75) is 12.6 Å². The highest BCUT2D eigenvalue weighted by molar-refractivity contribution is 5.81. The second kappa shape index (κ2) is 7.21. The fourth-order valence-electron chi connectivity index (χ4n) is 2.00. The molecule has 114 valence electrons. The molecule has 2 rings (SSSR count). The van der Waals surface area contributed by atoms with Crippen LogP contribution in [0.25, 0.3) is 0 Å². The quantitative estimate of drug-likeness (QED) is 0.917. The normalized spacial score (nSPS) is 11.5. The number of carboxylic acids is 1. The molecule has 0 bridgehead atoms. The van der Waals surface area contributed by atoms with Crippen molar-refractivity contribution in [3.05, 3.63) is 66.0 Å². The Morgan fingerprint density at radius 3 is 2.55 bits per heavy atom. The van der Waals surface area contributed by atoms with E-state index in [-0.39, 0.29) is 6.61 Å². The van der Waals surface area contributed by atoms with Crippen LogP contribution in [-0.2, 0) is 16.1 Å². The molecule has 1 amide bonds. The van der Waals surface area contributed by atoms with Gasteiger partial charge in [0.1, 0.15) is 6.61 Å². The maximum absolute atomic E-state index is 12.1. The molecule has 2 aromatic rings. The van der Waals surface area contributed by atoms with E-state index in [0.717, 1.165) is 10.5 Å². The Hall–Kier alpha value is -2.89. The number of benzene rings is 1. The van der Waals surface area contributed by atoms with Gasteiger partial charge in [0.15, 0.2) is 6.04 Å². The largest absolute Gasteiger partial charge is 0.479 e. The first kappa shape index (κ1) is 15.5. The zero-order valence-corrected chi connectivity index (χ0v) is 12.0. The average Bonchev–Trinajstić information content (AvgIpc) is 2.54. The summed E-state index contributed by atoms with van der Waals surface area (Å²) in [5.74, 6) is -1.15. The third-order valence-corrected chi connectivity index (χ3v) is 3.11. The zero-order chi connectivity index (χ0) is 15.9. The molecular formula is C16H16N2O4. The van der Waals surface area contributed by atoms with Crippen molar-refractivity contribution in [2.24, 2.45) is 0 Å². The Kier molecular flexibility index (Phi) is 5.08. The van der Waals surface area contributed by atoms with Crippen LogP contribution < -0.4 is 0 Å². The number of aliphatic carboxylic acids is 1. The van der Waals surface area contributed by atoms with Gasteiger partial charge in [-0.05, 0) is 11.6 Å². The zero-order valence-electron chi connectivity index (χ0n) is 12.0. The van der Waals surface area contributed by atoms with E-state index in [2.05, 4.69) is 4.98 Å². The number of carbonyl (C=O) groups is 2. The molecule has 0 aliphatic carbocycles. The highest BCUT2D eigenvalue weighted by atomic mass is 16.6. The molecule has 0 spiro atoms. The molecular weight excluding hydrogens is 284 g/mol. The number of pyridine rings is 1. The SMILES string of the molecule is CN(C(=O)OCc1ccccc1)C(C(=O)O)c1cccnc1. The van der Waals surface area contributed by atoms with E-state index < -0.39 is 18.1 Å². The summed E-state index contributed by atoms with van der Waals surface area (Å²) in [6.45, 7) is 0.0867. The van der Waals surface area contributed by atoms with Gasteiger partial charge in [-0.15, -0.1) is 0 Å². The predicted molar refractivity (Wildman–Crippen MR) is 79.0 cm³/mol. The first-order chi connectivity index (χ1) is 10.6. The number of carboxylic acid groups (broad SMARTS) is 1. The summed E-state index contributed by atoms with van der Waals surface area (Å²) >= 11 is 0. The maximum Gasteiger partial charge on any atom is 0.410 e. The van der Waals surface area contributed by atoms with Gasteiger partial charge in [0.25, 0.3) is 0 Å². The fourth-order valence-corrected chi connectivity index (χ4v) is 2.00. The van der Waals surface area contributed by atoms with Crippen molar-refractivity contribution in [2.75, 3.05) is 7.05 Å². The smallest absolute Gasteiger partial charge is 0.410 e. The molecule has 1 unspecified atom stereocenters. The van der Waals surface area contributed by atoms with Crippen molar-refractivity contribution < 1.29 is 19.4 Å². The summed E-state index contributed by atoms with van der Waals surface area (Å²) in [6, 6.07) is 11.3. The maximum atomic E-state index is 12.1. The van der Waals surface area contributed by atoms with Crippen LogP contribution >= 0.6 is 0 Å². The Morgan fingerprint density at radius 1 is 1.23 bits per heavy atom. The molecule has 1 N–H and O–H groups in total. The molecule has 0 saturated heterocycles. The number of hydrogen-bond acceptors (Lipinski definition) is 4. The molecule has 1 aromatic heterocycles. The van der Waals surface area contributed by atoms with Crippen LogP contribution in [0.15, 0.2) is 54.9 Å². The van der Waals surface area contributed by atoms with E-state index >= 15 is 0 Å². The Bertz CT molecular complexity index is 631. The number of amides is 1. The number of hydrogen-bond donors (Lipinski definition) is 1. The lowest BCUT2D eigenvalue weighted by atomic mass is 10.1. The minimum atomic E-state index is -1.15. The van der Waals surface area contributed by atoms with Gasteiger partial charge < -0.3 is 9.84 Å². The third-order valence-electron chi connectivity index (χ3n) is 3.11. The average molecular weight is 300 g/mol. The molecule has 1 atom stereocenters. The number of nitrogens with zero attached hydrogens (tertiary/aromatic N) is 2. The lowest BCUT2D eigenvalue weighted by Gasteiger charge is -2.24. The summed E-state index contributed by atoms with van der Waals surface area (Å²) in [5.41, 5.74) is 1.24. The summed E-state index contributed by atoms with van der Waals surface area (Å²) in [5, 5.41) is 9.35. The van der Waals surface area contributed by atoms with E-state index in [4.69, 9.17) is 4.74 Å². The Labute approximate surface area is 128 Å². The minimum Gasteiger partial charge on any atom is -0.479 e. The van der Waals surface area contributed by atoms with Gasteiger partial charge in [-0.25, -0.2) is 9.59 Å². The molecule has 0 saturated carbocycles. The van der Waals surface area contributed by atoms with E-state index in [0.29, 0.717) is 5.56 Å². The van der Waals surface area contributed by atoms with Crippen molar-refractivity contribution in [1.82, 2.24) is 9.88 Å². The second-order valence-electron chi connectivity index (χ2n) is 4.68. The van der Waals surface area contributed by atoms with Crippen LogP contribution in [-0.4, -0.2) is 34.1 Å². The molecule has 0 aliphatic heterocycles. The van der Waals surface area contributed by atoms with Gasteiger partial charge >= 0.3 is 12.1 Å². The van der Waals surface area contributed by atoms with Crippen LogP contribution in [0.3, 0.4) is 0 Å². The predicted octanol–water partition coefficient (Wildman–Crippen LogP) is 2.48. The van der Waals surface area contributed by atoms with Gasteiger partial charge in [0.2, 0.25) is 0 Å². The number of aromatic nitrogens is 1. The number of carbonyl (C=O) groups excluding carboxylic acids is 1. The van der Waals surface area contributed by atoms with Crippen molar-refractivity contribution in [3.63, 3.8) is 0 Å². The minimum absolute atomic E-state index is 0.0867. The van der Waals surface area contributed by atoms with Crippen molar-refractivity contribution >= 4 is 12.1 Å². The highest BCUT2D eigenvalue weighted by Crippen LogP contribution is 2.19. The summed E-state index contributed by atoms with van der Waals surface area (Å²) in [6.07, 6.45) is 2.25. The van der Waals surface area contributed by atoms with Crippen LogP contribution in [0.4, 0.5) is 4.79 Å². The number of rotatable bonds is 5. The molecule has 0 radical (unpaired) electrons. The Balaban J connectivity index is 2.05. The number of likely N-dealkylation sites (N-methyl/N-ethyl adjacent to an activating group) is 1. The molecule has 1 aromatic carbocycles. The summed E-state index contributed by atoms with van der Waals surface area (Å²) < 4.78 is 5.15. The third kappa shape index (κ3) is 3.82. The van der Waals surface area contributed by atoms with Crippen LogP contribution in [0.5, 0.6) is 0 Å². The first-order valence-electron chi connectivity index (χ1n) is 6.66. The highest BCUT2D eigenvalue weighted by Gasteiger charge is 2.29. The lowest BCUT2D eigenvalue weighted by molar-refractivity contribution is -0.142. The first-order valence-corrected chi connectivity index (χ1v) is 6.66. The van der Waals surface area contributed by atoms with Gasteiger partial charge in [-0.3, -0.25) is 9.88 Å². The molecule has 0 fully saturated rings. The van der Waals surface area contributed by atoms with E-state index in [1.165, 1.54) is 19.4 Å². The van der Waals surface area contributed by atoms with Gasteiger partial charge in [-0.2, -0.15) is 0 Å². The lowest BCUT2D eigenvalue weighted by Crippen LogP contribution is -2.36. The van der Waals surface area contributed by atoms with Crippen molar-refractivity contribution in [1.29, 1.82) is 0 Å². The van der Waals surface area contributed by atoms with Gasteiger partial charge in [-0.1, -0.05) is 36.4 Å². The van der Waals surface area contributed by atoms with Crippen LogP contribution in [0, 0.1) is 0 Å². The van der Waals surface area contributed by atoms with Gasteiger partial charge in [0, 0.05) is 25.0 Å². The summed E-state index contributed by atoms with van der Waals surface area (Å²) in [4.78, 5) is 28.4. The topological polar surface area (TPSA) is 79.7 Å². The van der Waals surface area contributed by atoms with E-state index in [1.54, 1.807) is 12.1 Å². The fraction of sp³-hybridized carbons (Fsp3) is 0.188. The van der Waals surface area contributed by atoms with Crippen LogP contribution in [0.1, 0.15) is 17.2 Å². The summed E-state index contributed by atoms with van der Waals surface area (Å²) in [7, 11) is 1.39. The molecule has 6 nitrogen and oxygen atoms in total. The second-order valence-corrected chi connectivity index (χ2v) is 4.68.